The average Bonchev–Trinajstić information content (AvgIpc) is 2.52. The second kappa shape index (κ2) is 7.15. The summed E-state index contributed by atoms with van der Waals surface area (Å²) in [5.41, 5.74) is 9.11. The Morgan fingerprint density at radius 2 is 1.59 bits per heavy atom. The van der Waals surface area contributed by atoms with E-state index in [1.807, 2.05) is 36.4 Å². The van der Waals surface area contributed by atoms with Gasteiger partial charge in [0.05, 0.1) is 0 Å². The lowest BCUT2D eigenvalue weighted by atomic mass is 9.87. The third kappa shape index (κ3) is 4.65. The molecule has 2 N–H and O–H groups in total. The highest BCUT2D eigenvalue weighted by molar-refractivity contribution is 5.36. The van der Waals surface area contributed by atoms with Gasteiger partial charge in [-0.2, -0.15) is 0 Å². The maximum Gasteiger partial charge on any atom is 0.149 e. The molecule has 2 aromatic rings. The lowest BCUT2D eigenvalue weighted by Gasteiger charge is -2.18. The van der Waals surface area contributed by atoms with E-state index in [-0.39, 0.29) is 5.41 Å². The van der Waals surface area contributed by atoms with Crippen molar-refractivity contribution >= 4 is 0 Å². The van der Waals surface area contributed by atoms with Gasteiger partial charge in [-0.1, -0.05) is 56.9 Å². The van der Waals surface area contributed by atoms with Crippen LogP contribution in [-0.2, 0) is 12.0 Å². The first-order chi connectivity index (χ1) is 10.5. The number of rotatable bonds is 3. The van der Waals surface area contributed by atoms with Crippen molar-refractivity contribution in [3.63, 3.8) is 0 Å². The van der Waals surface area contributed by atoms with Crippen LogP contribution in [0.15, 0.2) is 48.5 Å². The van der Waals surface area contributed by atoms with Crippen molar-refractivity contribution < 1.29 is 4.74 Å². The van der Waals surface area contributed by atoms with Crippen LogP contribution in [0.3, 0.4) is 0 Å². The molecule has 0 unspecified atom stereocenters. The molecule has 0 spiro atoms. The van der Waals surface area contributed by atoms with E-state index in [4.69, 9.17) is 10.5 Å². The third-order valence-corrected chi connectivity index (χ3v) is 3.45. The van der Waals surface area contributed by atoms with Crippen LogP contribution in [0.5, 0.6) is 5.75 Å². The van der Waals surface area contributed by atoms with E-state index < -0.39 is 0 Å². The molecule has 22 heavy (non-hydrogen) atoms. The summed E-state index contributed by atoms with van der Waals surface area (Å²) in [6.45, 7) is 7.54. The first-order valence-corrected chi connectivity index (χ1v) is 7.50. The topological polar surface area (TPSA) is 35.2 Å². The summed E-state index contributed by atoms with van der Waals surface area (Å²) < 4.78 is 5.65. The molecule has 0 radical (unpaired) electrons. The monoisotopic (exact) mass is 293 g/mol. The van der Waals surface area contributed by atoms with Gasteiger partial charge in [0.2, 0.25) is 0 Å². The Morgan fingerprint density at radius 1 is 0.955 bits per heavy atom. The van der Waals surface area contributed by atoms with Crippen LogP contribution < -0.4 is 10.5 Å². The highest BCUT2D eigenvalue weighted by Crippen LogP contribution is 2.24. The molecule has 114 valence electrons. The summed E-state index contributed by atoms with van der Waals surface area (Å²) in [5.74, 6) is 6.96. The van der Waals surface area contributed by atoms with Crippen LogP contribution >= 0.6 is 0 Å². The first kappa shape index (κ1) is 16.1. The minimum Gasteiger partial charge on any atom is -0.481 e. The maximum absolute atomic E-state index is 5.65. The van der Waals surface area contributed by atoms with E-state index in [0.29, 0.717) is 13.2 Å². The normalized spacial score (nSPS) is 10.7. The third-order valence-electron chi connectivity index (χ3n) is 3.45. The maximum atomic E-state index is 5.65. The number of hydrogen-bond acceptors (Lipinski definition) is 2. The summed E-state index contributed by atoms with van der Waals surface area (Å²) >= 11 is 0. The molecule has 0 atom stereocenters. The van der Waals surface area contributed by atoms with E-state index >= 15 is 0 Å². The van der Waals surface area contributed by atoms with Crippen LogP contribution in [-0.4, -0.2) is 6.61 Å². The molecule has 2 nitrogen and oxygen atoms in total. The molecule has 0 aliphatic heterocycles. The molecular formula is C20H23NO. The van der Waals surface area contributed by atoms with Crippen molar-refractivity contribution in [3.8, 4) is 17.6 Å². The Kier molecular flexibility index (Phi) is 5.25. The van der Waals surface area contributed by atoms with Crippen LogP contribution in [0.2, 0.25) is 0 Å². The second-order valence-corrected chi connectivity index (χ2v) is 6.27. The zero-order valence-electron chi connectivity index (χ0n) is 13.5. The highest BCUT2D eigenvalue weighted by Gasteiger charge is 2.12. The van der Waals surface area contributed by atoms with Gasteiger partial charge in [-0.05, 0) is 40.8 Å². The van der Waals surface area contributed by atoms with Crippen molar-refractivity contribution in [1.82, 2.24) is 0 Å². The number of nitrogens with two attached hydrogens (primary N) is 1. The summed E-state index contributed by atoms with van der Waals surface area (Å²) in [4.78, 5) is 0. The molecule has 2 rings (SSSR count). The second-order valence-electron chi connectivity index (χ2n) is 6.27. The van der Waals surface area contributed by atoms with Crippen molar-refractivity contribution in [3.05, 3.63) is 65.2 Å². The van der Waals surface area contributed by atoms with Gasteiger partial charge in [0.1, 0.15) is 12.4 Å². The van der Waals surface area contributed by atoms with Crippen LogP contribution in [0.4, 0.5) is 0 Å². The Bertz CT molecular complexity index is 652. The number of ether oxygens (including phenoxy) is 1. The number of benzene rings is 2. The Hall–Kier alpha value is -2.24. The molecule has 2 aromatic carbocycles. The lowest BCUT2D eigenvalue weighted by molar-refractivity contribution is 0.370. The molecule has 0 saturated heterocycles. The van der Waals surface area contributed by atoms with Gasteiger partial charge in [-0.15, -0.1) is 0 Å². The average molecular weight is 293 g/mol. The van der Waals surface area contributed by atoms with Crippen LogP contribution in [0.1, 0.15) is 37.5 Å². The molecule has 0 aromatic heterocycles. The van der Waals surface area contributed by atoms with Gasteiger partial charge in [-0.3, -0.25) is 0 Å². The molecule has 0 amide bonds. The summed E-state index contributed by atoms with van der Waals surface area (Å²) in [6.07, 6.45) is 0. The van der Waals surface area contributed by atoms with E-state index in [0.717, 1.165) is 16.9 Å². The molecule has 0 aliphatic rings. The summed E-state index contributed by atoms with van der Waals surface area (Å²) in [6, 6.07) is 16.2. The SMILES string of the molecule is CC(C)(C)c1ccc(OCC#Cc2ccc(CN)cc2)cc1. The predicted molar refractivity (Wildman–Crippen MR) is 91.8 cm³/mol. The minimum atomic E-state index is 0.161. The van der Waals surface area contributed by atoms with Crippen molar-refractivity contribution in [2.45, 2.75) is 32.7 Å². The fourth-order valence-electron chi connectivity index (χ4n) is 2.03. The van der Waals surface area contributed by atoms with Crippen LogP contribution in [0.25, 0.3) is 0 Å². The van der Waals surface area contributed by atoms with Gasteiger partial charge in [0.15, 0.2) is 0 Å². The minimum absolute atomic E-state index is 0.161. The van der Waals surface area contributed by atoms with E-state index in [1.54, 1.807) is 0 Å². The lowest BCUT2D eigenvalue weighted by Crippen LogP contribution is -2.10. The molecule has 2 heteroatoms. The zero-order valence-corrected chi connectivity index (χ0v) is 13.5. The summed E-state index contributed by atoms with van der Waals surface area (Å²) in [7, 11) is 0. The first-order valence-electron chi connectivity index (χ1n) is 7.50. The van der Waals surface area contributed by atoms with Crippen molar-refractivity contribution in [2.24, 2.45) is 5.73 Å². The van der Waals surface area contributed by atoms with Crippen molar-refractivity contribution in [1.29, 1.82) is 0 Å². The predicted octanol–water partition coefficient (Wildman–Crippen LogP) is 3.87. The smallest absolute Gasteiger partial charge is 0.149 e. The van der Waals surface area contributed by atoms with Gasteiger partial charge < -0.3 is 10.5 Å². The van der Waals surface area contributed by atoms with Gasteiger partial charge in [-0.25, -0.2) is 0 Å². The molecule has 0 aliphatic carbocycles. The van der Waals surface area contributed by atoms with Crippen molar-refractivity contribution in [2.75, 3.05) is 6.61 Å². The highest BCUT2D eigenvalue weighted by atomic mass is 16.5. The molecular weight excluding hydrogens is 270 g/mol. The van der Waals surface area contributed by atoms with E-state index in [9.17, 15) is 0 Å². The quantitative estimate of drug-likeness (QED) is 0.872. The van der Waals surface area contributed by atoms with E-state index in [2.05, 4.69) is 44.7 Å². The Balaban J connectivity index is 1.90. The Morgan fingerprint density at radius 3 is 2.14 bits per heavy atom. The van der Waals surface area contributed by atoms with Crippen LogP contribution in [0, 0.1) is 11.8 Å². The largest absolute Gasteiger partial charge is 0.481 e. The fraction of sp³-hybridized carbons (Fsp3) is 0.300. The van der Waals surface area contributed by atoms with E-state index in [1.165, 1.54) is 5.56 Å². The Labute approximate surface area is 133 Å². The van der Waals surface area contributed by atoms with Gasteiger partial charge in [0, 0.05) is 12.1 Å². The van der Waals surface area contributed by atoms with Gasteiger partial charge in [0.25, 0.3) is 0 Å². The standard InChI is InChI=1S/C20H23NO/c1-20(2,3)18-10-12-19(13-11-18)22-14-4-5-16-6-8-17(15-21)9-7-16/h6-13H,14-15,21H2,1-3H3. The molecule has 0 bridgehead atoms. The van der Waals surface area contributed by atoms with Gasteiger partial charge >= 0.3 is 0 Å². The molecule has 0 heterocycles. The zero-order chi connectivity index (χ0) is 16.0. The molecule has 0 saturated carbocycles. The fourth-order valence-corrected chi connectivity index (χ4v) is 2.03. The molecule has 0 fully saturated rings. The summed E-state index contributed by atoms with van der Waals surface area (Å²) in [5, 5.41) is 0. The number of hydrogen-bond donors (Lipinski definition) is 1.